The van der Waals surface area contributed by atoms with Crippen LogP contribution in [0.15, 0.2) is 104 Å². The zero-order valence-corrected chi connectivity index (χ0v) is 24.6. The number of carbonyl (C=O) groups excluding carboxylic acids is 1. The van der Waals surface area contributed by atoms with Gasteiger partial charge in [0.1, 0.15) is 0 Å². The first kappa shape index (κ1) is 26.7. The molecule has 0 saturated heterocycles. The molecule has 2 heterocycles. The molecule has 4 aromatic rings. The van der Waals surface area contributed by atoms with Crippen LogP contribution in [0.3, 0.4) is 0 Å². The predicted octanol–water partition coefficient (Wildman–Crippen LogP) is 6.00. The SMILES string of the molecule is O=C(Nc1ccc(Br)cc1C1=NS(=O)c2ccccc2N1)c1cccc(S(=O)(=O)N2CCc3cc(Cl)ccc32)c1. The summed E-state index contributed by atoms with van der Waals surface area (Å²) in [5, 5.41) is 6.60. The summed E-state index contributed by atoms with van der Waals surface area (Å²) in [6.07, 6.45) is 0.550. The summed E-state index contributed by atoms with van der Waals surface area (Å²) < 4.78 is 46.2. The lowest BCUT2D eigenvalue weighted by atomic mass is 10.1. The van der Waals surface area contributed by atoms with E-state index in [1.165, 1.54) is 22.5 Å². The molecule has 1 atom stereocenters. The number of anilines is 3. The number of fused-ring (bicyclic) bond motifs is 2. The van der Waals surface area contributed by atoms with Crippen molar-refractivity contribution >= 4 is 77.3 Å². The monoisotopic (exact) mass is 654 g/mol. The van der Waals surface area contributed by atoms with Crippen LogP contribution in [0.25, 0.3) is 0 Å². The molecule has 0 aromatic heterocycles. The molecule has 2 aliphatic heterocycles. The Labute approximate surface area is 246 Å². The highest BCUT2D eigenvalue weighted by Crippen LogP contribution is 2.35. The van der Waals surface area contributed by atoms with Crippen LogP contribution in [0, 0.1) is 0 Å². The molecule has 0 spiro atoms. The van der Waals surface area contributed by atoms with Crippen LogP contribution in [0.4, 0.5) is 17.1 Å². The van der Waals surface area contributed by atoms with Gasteiger partial charge in [0.15, 0.2) is 16.8 Å². The average Bonchev–Trinajstić information content (AvgIpc) is 3.38. The number of nitrogens with zero attached hydrogens (tertiary/aromatic N) is 2. The van der Waals surface area contributed by atoms with Crippen molar-refractivity contribution in [3.8, 4) is 0 Å². The largest absolute Gasteiger partial charge is 0.338 e. The second-order valence-electron chi connectivity index (χ2n) is 9.08. The van der Waals surface area contributed by atoms with Crippen molar-refractivity contribution in [3.63, 3.8) is 0 Å². The van der Waals surface area contributed by atoms with Gasteiger partial charge in [-0.1, -0.05) is 45.7 Å². The van der Waals surface area contributed by atoms with Gasteiger partial charge >= 0.3 is 0 Å². The Morgan fingerprint density at radius 1 is 1.02 bits per heavy atom. The maximum atomic E-state index is 13.5. The third kappa shape index (κ3) is 4.94. The van der Waals surface area contributed by atoms with Gasteiger partial charge < -0.3 is 10.6 Å². The van der Waals surface area contributed by atoms with Gasteiger partial charge in [-0.25, -0.2) is 12.6 Å². The Balaban J connectivity index is 1.29. The van der Waals surface area contributed by atoms with E-state index in [2.05, 4.69) is 31.0 Å². The molecule has 6 rings (SSSR count). The number of carbonyl (C=O) groups is 1. The summed E-state index contributed by atoms with van der Waals surface area (Å²) in [5.41, 5.74) is 3.19. The van der Waals surface area contributed by atoms with E-state index in [9.17, 15) is 17.4 Å². The number of nitrogens with one attached hydrogen (secondary N) is 2. The lowest BCUT2D eigenvalue weighted by Crippen LogP contribution is -2.29. The minimum atomic E-state index is -3.92. The fraction of sp³-hybridized carbons (Fsp3) is 0.0714. The van der Waals surface area contributed by atoms with E-state index < -0.39 is 26.9 Å². The predicted molar refractivity (Wildman–Crippen MR) is 161 cm³/mol. The van der Waals surface area contributed by atoms with Gasteiger partial charge in [-0.2, -0.15) is 4.40 Å². The fourth-order valence-electron chi connectivity index (χ4n) is 4.65. The molecule has 12 heteroatoms. The van der Waals surface area contributed by atoms with E-state index in [1.54, 1.807) is 60.7 Å². The molecule has 8 nitrogen and oxygen atoms in total. The van der Waals surface area contributed by atoms with Gasteiger partial charge in [0.05, 0.1) is 26.9 Å². The first-order chi connectivity index (χ1) is 19.2. The fourth-order valence-corrected chi connectivity index (χ4v) is 7.67. The molecule has 0 aliphatic carbocycles. The number of halogens is 2. The number of amides is 1. The van der Waals surface area contributed by atoms with Crippen LogP contribution >= 0.6 is 27.5 Å². The van der Waals surface area contributed by atoms with E-state index in [0.29, 0.717) is 44.8 Å². The molecule has 0 bridgehead atoms. The Morgan fingerprint density at radius 3 is 2.70 bits per heavy atom. The highest BCUT2D eigenvalue weighted by atomic mass is 79.9. The Morgan fingerprint density at radius 2 is 1.85 bits per heavy atom. The minimum Gasteiger partial charge on any atom is -0.338 e. The van der Waals surface area contributed by atoms with Gasteiger partial charge in [0.2, 0.25) is 0 Å². The Kier molecular flexibility index (Phi) is 6.99. The first-order valence-electron chi connectivity index (χ1n) is 12.1. The van der Waals surface area contributed by atoms with Crippen LogP contribution in [-0.2, 0) is 27.4 Å². The van der Waals surface area contributed by atoms with Crippen LogP contribution in [0.1, 0.15) is 21.5 Å². The van der Waals surface area contributed by atoms with Crippen molar-refractivity contribution in [1.82, 2.24) is 0 Å². The van der Waals surface area contributed by atoms with Gasteiger partial charge in [-0.15, -0.1) is 0 Å². The van der Waals surface area contributed by atoms with Crippen LogP contribution in [-0.4, -0.2) is 30.9 Å². The number of rotatable bonds is 5. The molecule has 2 aliphatic rings. The van der Waals surface area contributed by atoms with Crippen molar-refractivity contribution in [2.75, 3.05) is 21.5 Å². The summed E-state index contributed by atoms with van der Waals surface area (Å²) in [7, 11) is -5.54. The van der Waals surface area contributed by atoms with Crippen molar-refractivity contribution in [2.24, 2.45) is 4.40 Å². The molecular formula is C28H20BrClN4O4S2. The summed E-state index contributed by atoms with van der Waals surface area (Å²) in [6, 6.07) is 23.4. The number of sulfonamides is 1. The number of hydrogen-bond donors (Lipinski definition) is 2. The third-order valence-electron chi connectivity index (χ3n) is 6.57. The lowest BCUT2D eigenvalue weighted by Gasteiger charge is -2.21. The Bertz CT molecular complexity index is 1860. The van der Waals surface area contributed by atoms with Crippen LogP contribution in [0.2, 0.25) is 5.02 Å². The first-order valence-corrected chi connectivity index (χ1v) is 15.8. The quantitative estimate of drug-likeness (QED) is 0.274. The molecule has 1 unspecified atom stereocenters. The van der Waals surface area contributed by atoms with Gasteiger partial charge in [-0.05, 0) is 78.7 Å². The average molecular weight is 656 g/mol. The van der Waals surface area contributed by atoms with E-state index in [0.717, 1.165) is 10.0 Å². The molecule has 4 aromatic carbocycles. The zero-order valence-electron chi connectivity index (χ0n) is 20.6. The van der Waals surface area contributed by atoms with Crippen LogP contribution in [0.5, 0.6) is 0 Å². The highest BCUT2D eigenvalue weighted by molar-refractivity contribution is 9.10. The summed E-state index contributed by atoms with van der Waals surface area (Å²) >= 11 is 9.53. The van der Waals surface area contributed by atoms with Gasteiger partial charge in [0, 0.05) is 27.2 Å². The second-order valence-corrected chi connectivity index (χ2v) is 13.4. The number of para-hydroxylation sites is 1. The molecule has 202 valence electrons. The molecular weight excluding hydrogens is 636 g/mol. The topological polar surface area (TPSA) is 108 Å². The van der Waals surface area contributed by atoms with E-state index >= 15 is 0 Å². The summed E-state index contributed by atoms with van der Waals surface area (Å²) in [6.45, 7) is 0.288. The standard InChI is InChI=1S/C28H20BrClN4O4S2/c29-19-8-10-23(22(16-19)27-31-24-6-1-2-7-26(24)39(36)33-27)32-28(35)18-4-3-5-21(15-18)40(37,38)34-13-12-17-14-20(30)9-11-25(17)34/h1-11,14-16H,12-13H2,(H,31,33)(H,32,35). The maximum absolute atomic E-state index is 13.5. The van der Waals surface area contributed by atoms with Gasteiger partial charge in [0.25, 0.3) is 15.9 Å². The summed E-state index contributed by atoms with van der Waals surface area (Å²) in [4.78, 5) is 13.9. The molecule has 0 saturated carbocycles. The van der Waals surface area contributed by atoms with Crippen molar-refractivity contribution < 1.29 is 17.4 Å². The number of benzene rings is 4. The molecule has 0 radical (unpaired) electrons. The molecule has 40 heavy (non-hydrogen) atoms. The van der Waals surface area contributed by atoms with Gasteiger partial charge in [-0.3, -0.25) is 9.10 Å². The molecule has 1 amide bonds. The zero-order chi connectivity index (χ0) is 28.0. The summed E-state index contributed by atoms with van der Waals surface area (Å²) in [5.74, 6) is -0.176. The second kappa shape index (κ2) is 10.5. The third-order valence-corrected chi connectivity index (χ3v) is 10.2. The maximum Gasteiger partial charge on any atom is 0.264 e. The van der Waals surface area contributed by atoms with Crippen LogP contribution < -0.4 is 14.9 Å². The van der Waals surface area contributed by atoms with E-state index in [-0.39, 0.29) is 17.0 Å². The normalized spacial score (nSPS) is 16.0. The molecule has 2 N–H and O–H groups in total. The van der Waals surface area contributed by atoms with E-state index in [1.807, 2.05) is 6.07 Å². The Hall–Kier alpha value is -3.51. The molecule has 0 fully saturated rings. The van der Waals surface area contributed by atoms with Crippen molar-refractivity contribution in [2.45, 2.75) is 16.2 Å². The lowest BCUT2D eigenvalue weighted by molar-refractivity contribution is 0.102. The smallest absolute Gasteiger partial charge is 0.264 e. The highest BCUT2D eigenvalue weighted by Gasteiger charge is 2.31. The van der Waals surface area contributed by atoms with E-state index in [4.69, 9.17) is 11.6 Å². The van der Waals surface area contributed by atoms with Crippen molar-refractivity contribution in [1.29, 1.82) is 0 Å². The number of amidine groups is 1. The minimum absolute atomic E-state index is 0.00399. The van der Waals surface area contributed by atoms with Crippen molar-refractivity contribution in [3.05, 3.63) is 111 Å². The number of hydrogen-bond acceptors (Lipinski definition) is 5.